The van der Waals surface area contributed by atoms with Gasteiger partial charge in [0.25, 0.3) is 0 Å². The predicted octanol–water partition coefficient (Wildman–Crippen LogP) is 2.22. The first kappa shape index (κ1) is 20.6. The topological polar surface area (TPSA) is 92.8 Å². The maximum Gasteiger partial charge on any atom is 0.308 e. The summed E-state index contributed by atoms with van der Waals surface area (Å²) >= 11 is 1.05. The molecule has 3 heterocycles. The zero-order valence-electron chi connectivity index (χ0n) is 16.4. The molecule has 0 unspecified atom stereocenters. The van der Waals surface area contributed by atoms with Crippen LogP contribution in [0, 0.1) is 0 Å². The number of benzene rings is 1. The third kappa shape index (κ3) is 3.85. The van der Waals surface area contributed by atoms with E-state index in [0.29, 0.717) is 30.1 Å². The summed E-state index contributed by atoms with van der Waals surface area (Å²) in [6.07, 6.45) is 4.55. The lowest BCUT2D eigenvalue weighted by Crippen LogP contribution is -2.50. The highest BCUT2D eigenvalue weighted by Gasteiger charge is 2.30. The molecule has 1 aromatic carbocycles. The molecule has 0 radical (unpaired) electrons. The molecule has 30 heavy (non-hydrogen) atoms. The quantitative estimate of drug-likeness (QED) is 0.559. The molecular formula is C20H21N3O5S2. The van der Waals surface area contributed by atoms with Crippen molar-refractivity contribution in [2.24, 2.45) is 0 Å². The fourth-order valence-electron chi connectivity index (χ4n) is 3.45. The van der Waals surface area contributed by atoms with Gasteiger partial charge in [0.2, 0.25) is 15.9 Å². The van der Waals surface area contributed by atoms with Gasteiger partial charge in [-0.05, 0) is 43.3 Å². The van der Waals surface area contributed by atoms with Gasteiger partial charge in [0.1, 0.15) is 5.76 Å². The highest BCUT2D eigenvalue weighted by Crippen LogP contribution is 2.24. The van der Waals surface area contributed by atoms with Crippen molar-refractivity contribution in [3.05, 3.63) is 58.1 Å². The molecule has 1 aliphatic rings. The van der Waals surface area contributed by atoms with Crippen molar-refractivity contribution in [2.75, 3.05) is 26.2 Å². The molecular weight excluding hydrogens is 426 g/mol. The summed E-state index contributed by atoms with van der Waals surface area (Å²) < 4.78 is 35.0. The smallest absolute Gasteiger partial charge is 0.308 e. The van der Waals surface area contributed by atoms with Crippen LogP contribution in [0.5, 0.6) is 0 Å². The Bertz CT molecular complexity index is 1250. The molecule has 1 aliphatic heterocycles. The van der Waals surface area contributed by atoms with E-state index in [1.165, 1.54) is 16.6 Å². The molecule has 0 spiro atoms. The number of carbonyl (C=O) groups is 1. The van der Waals surface area contributed by atoms with E-state index in [1.807, 2.05) is 6.92 Å². The van der Waals surface area contributed by atoms with Gasteiger partial charge in [-0.25, -0.2) is 8.42 Å². The van der Waals surface area contributed by atoms with E-state index in [4.69, 9.17) is 4.42 Å². The van der Waals surface area contributed by atoms with Crippen LogP contribution < -0.4 is 4.87 Å². The Hall–Kier alpha value is -2.69. The number of furan rings is 1. The summed E-state index contributed by atoms with van der Waals surface area (Å²) in [6.45, 7) is 3.46. The highest BCUT2D eigenvalue weighted by atomic mass is 32.2. The van der Waals surface area contributed by atoms with Crippen LogP contribution in [-0.2, 0) is 21.4 Å². The van der Waals surface area contributed by atoms with Crippen LogP contribution in [0.4, 0.5) is 0 Å². The van der Waals surface area contributed by atoms with E-state index in [0.717, 1.165) is 16.9 Å². The summed E-state index contributed by atoms with van der Waals surface area (Å²) in [4.78, 5) is 26.0. The van der Waals surface area contributed by atoms with Gasteiger partial charge >= 0.3 is 4.87 Å². The number of amides is 1. The minimum atomic E-state index is -3.70. The molecule has 8 nitrogen and oxygen atoms in total. The van der Waals surface area contributed by atoms with Gasteiger partial charge in [-0.1, -0.05) is 11.3 Å². The molecule has 3 aromatic rings. The lowest BCUT2D eigenvalue weighted by atomic mass is 10.3. The van der Waals surface area contributed by atoms with Crippen LogP contribution in [0.25, 0.3) is 16.3 Å². The molecule has 1 saturated heterocycles. The Balaban J connectivity index is 1.46. The van der Waals surface area contributed by atoms with Crippen molar-refractivity contribution in [2.45, 2.75) is 18.4 Å². The number of fused-ring (bicyclic) bond motifs is 1. The van der Waals surface area contributed by atoms with Gasteiger partial charge in [-0.15, -0.1) is 0 Å². The Morgan fingerprint density at radius 2 is 1.97 bits per heavy atom. The molecule has 0 N–H and O–H groups in total. The van der Waals surface area contributed by atoms with Gasteiger partial charge in [0.05, 0.1) is 21.4 Å². The average Bonchev–Trinajstić information content (AvgIpc) is 3.38. The standard InChI is InChI=1S/C20H21N3O5S2/c1-2-23-17-7-6-16(14-18(17)29-20(23)25)30(26,27)22-11-9-21(10-12-22)19(24)8-5-15-4-3-13-28-15/h3-8,13-14H,2,9-12H2,1H3. The lowest BCUT2D eigenvalue weighted by Gasteiger charge is -2.33. The Labute approximate surface area is 177 Å². The molecule has 4 rings (SSSR count). The van der Waals surface area contributed by atoms with E-state index in [1.54, 1.807) is 45.9 Å². The van der Waals surface area contributed by atoms with E-state index >= 15 is 0 Å². The molecule has 0 saturated carbocycles. The molecule has 1 fully saturated rings. The van der Waals surface area contributed by atoms with Crippen molar-refractivity contribution >= 4 is 43.6 Å². The Morgan fingerprint density at radius 1 is 1.20 bits per heavy atom. The summed E-state index contributed by atoms with van der Waals surface area (Å²) in [5.74, 6) is 0.398. The molecule has 0 aliphatic carbocycles. The normalized spacial score (nSPS) is 16.0. The Morgan fingerprint density at radius 3 is 2.63 bits per heavy atom. The minimum absolute atomic E-state index is 0.100. The number of piperazine rings is 1. The van der Waals surface area contributed by atoms with Crippen LogP contribution in [-0.4, -0.2) is 54.3 Å². The second-order valence-corrected chi connectivity index (χ2v) is 9.75. The number of nitrogens with zero attached hydrogens (tertiary/aromatic N) is 3. The number of thiazole rings is 1. The predicted molar refractivity (Wildman–Crippen MR) is 115 cm³/mol. The van der Waals surface area contributed by atoms with Gasteiger partial charge in [-0.3, -0.25) is 14.2 Å². The van der Waals surface area contributed by atoms with Crippen LogP contribution in [0.3, 0.4) is 0 Å². The number of aromatic nitrogens is 1. The van der Waals surface area contributed by atoms with E-state index in [2.05, 4.69) is 0 Å². The van der Waals surface area contributed by atoms with E-state index in [-0.39, 0.29) is 28.8 Å². The first-order valence-corrected chi connectivity index (χ1v) is 11.8. The third-order valence-electron chi connectivity index (χ3n) is 5.08. The fourth-order valence-corrected chi connectivity index (χ4v) is 5.97. The second-order valence-electron chi connectivity index (χ2n) is 6.82. The number of aryl methyl sites for hydroxylation is 1. The SMILES string of the molecule is CCn1c(=O)sc2cc(S(=O)(=O)N3CCN(C(=O)C=Cc4ccco4)CC3)ccc21. The average molecular weight is 448 g/mol. The summed E-state index contributed by atoms with van der Waals surface area (Å²) in [5.41, 5.74) is 0.741. The molecule has 0 atom stereocenters. The highest BCUT2D eigenvalue weighted by molar-refractivity contribution is 7.89. The van der Waals surface area contributed by atoms with Gasteiger partial charge in [0, 0.05) is 38.8 Å². The van der Waals surface area contributed by atoms with E-state index in [9.17, 15) is 18.0 Å². The van der Waals surface area contributed by atoms with Crippen LogP contribution in [0.1, 0.15) is 12.7 Å². The van der Waals surface area contributed by atoms with Crippen molar-refractivity contribution in [3.8, 4) is 0 Å². The third-order valence-corrected chi connectivity index (χ3v) is 7.91. The number of sulfonamides is 1. The zero-order valence-corrected chi connectivity index (χ0v) is 18.0. The van der Waals surface area contributed by atoms with Crippen LogP contribution in [0.15, 0.2) is 56.8 Å². The van der Waals surface area contributed by atoms with Crippen LogP contribution in [0.2, 0.25) is 0 Å². The largest absolute Gasteiger partial charge is 0.465 e. The molecule has 2 aromatic heterocycles. The maximum atomic E-state index is 13.1. The minimum Gasteiger partial charge on any atom is -0.465 e. The lowest BCUT2D eigenvalue weighted by molar-refractivity contribution is -0.127. The molecule has 1 amide bonds. The second kappa shape index (κ2) is 8.21. The van der Waals surface area contributed by atoms with Crippen molar-refractivity contribution in [1.29, 1.82) is 0 Å². The maximum absolute atomic E-state index is 13.1. The molecule has 158 valence electrons. The summed E-state index contributed by atoms with van der Waals surface area (Å²) in [5, 5.41) is 0. The first-order chi connectivity index (χ1) is 14.4. The zero-order chi connectivity index (χ0) is 21.3. The van der Waals surface area contributed by atoms with Crippen LogP contribution >= 0.6 is 11.3 Å². The molecule has 0 bridgehead atoms. The number of carbonyl (C=O) groups excluding carboxylic acids is 1. The summed E-state index contributed by atoms with van der Waals surface area (Å²) in [7, 11) is -3.70. The monoisotopic (exact) mass is 447 g/mol. The summed E-state index contributed by atoms with van der Waals surface area (Å²) in [6, 6.07) is 8.27. The van der Waals surface area contributed by atoms with Crippen molar-refractivity contribution in [1.82, 2.24) is 13.8 Å². The first-order valence-electron chi connectivity index (χ1n) is 9.54. The van der Waals surface area contributed by atoms with Crippen molar-refractivity contribution < 1.29 is 17.6 Å². The number of rotatable bonds is 5. The fraction of sp³-hybridized carbons (Fsp3) is 0.300. The van der Waals surface area contributed by atoms with Gasteiger partial charge < -0.3 is 9.32 Å². The molecule has 10 heteroatoms. The van der Waals surface area contributed by atoms with E-state index < -0.39 is 10.0 Å². The van der Waals surface area contributed by atoms with Gasteiger partial charge in [0.15, 0.2) is 0 Å². The van der Waals surface area contributed by atoms with Gasteiger partial charge in [-0.2, -0.15) is 4.31 Å². The number of hydrogen-bond donors (Lipinski definition) is 0. The number of hydrogen-bond acceptors (Lipinski definition) is 6. The van der Waals surface area contributed by atoms with Crippen molar-refractivity contribution in [3.63, 3.8) is 0 Å². The Kier molecular flexibility index (Phi) is 5.63.